The van der Waals surface area contributed by atoms with E-state index in [2.05, 4.69) is 23.5 Å². The van der Waals surface area contributed by atoms with E-state index in [4.69, 9.17) is 19.4 Å². The quantitative estimate of drug-likeness (QED) is 0.733. The number of fused-ring (bicyclic) bond motifs is 1. The highest BCUT2D eigenvalue weighted by Gasteiger charge is 2.16. The Bertz CT molecular complexity index is 874. The zero-order valence-electron chi connectivity index (χ0n) is 14.9. The summed E-state index contributed by atoms with van der Waals surface area (Å²) in [6, 6.07) is 16.2. The lowest BCUT2D eigenvalue weighted by Gasteiger charge is -2.14. The molecule has 1 saturated heterocycles. The van der Waals surface area contributed by atoms with Gasteiger partial charge in [0, 0.05) is 25.0 Å². The van der Waals surface area contributed by atoms with Crippen molar-refractivity contribution in [2.24, 2.45) is 0 Å². The molecule has 2 aromatic carbocycles. The maximum atomic E-state index is 5.72. The number of ether oxygens (including phenoxy) is 2. The molecule has 0 unspecified atom stereocenters. The van der Waals surface area contributed by atoms with Gasteiger partial charge in [0.1, 0.15) is 17.4 Å². The van der Waals surface area contributed by atoms with Crippen molar-refractivity contribution in [1.29, 1.82) is 0 Å². The molecule has 5 nitrogen and oxygen atoms in total. The van der Waals surface area contributed by atoms with Crippen LogP contribution in [0.5, 0.6) is 5.75 Å². The maximum Gasteiger partial charge on any atom is 0.137 e. The fraction of sp³-hybridized carbons (Fsp3) is 0.333. The number of hydrogen-bond donors (Lipinski definition) is 1. The van der Waals surface area contributed by atoms with Crippen LogP contribution in [0.15, 0.2) is 48.5 Å². The van der Waals surface area contributed by atoms with Crippen LogP contribution in [0.1, 0.15) is 24.2 Å². The molecule has 1 aromatic heterocycles. The second kappa shape index (κ2) is 7.70. The molecule has 4 rings (SSSR count). The zero-order valence-corrected chi connectivity index (χ0v) is 14.9. The number of benzene rings is 2. The van der Waals surface area contributed by atoms with E-state index in [0.29, 0.717) is 6.42 Å². The van der Waals surface area contributed by atoms with E-state index in [1.165, 1.54) is 0 Å². The molecule has 1 N–H and O–H groups in total. The minimum absolute atomic E-state index is 0.272. The fourth-order valence-corrected chi connectivity index (χ4v) is 3.28. The highest BCUT2D eigenvalue weighted by atomic mass is 16.5. The summed E-state index contributed by atoms with van der Waals surface area (Å²) >= 11 is 0. The largest absolute Gasteiger partial charge is 0.497 e. The number of methoxy groups -OCH3 is 1. The Morgan fingerprint density at radius 3 is 2.73 bits per heavy atom. The summed E-state index contributed by atoms with van der Waals surface area (Å²) in [5.41, 5.74) is 2.12. The number of aromatic nitrogens is 2. The molecule has 3 aromatic rings. The van der Waals surface area contributed by atoms with E-state index in [1.54, 1.807) is 7.11 Å². The molecule has 2 heterocycles. The Balaban J connectivity index is 1.59. The van der Waals surface area contributed by atoms with Crippen LogP contribution < -0.4 is 10.1 Å². The first-order valence-electron chi connectivity index (χ1n) is 9.06. The van der Waals surface area contributed by atoms with Gasteiger partial charge >= 0.3 is 0 Å². The Kier molecular flexibility index (Phi) is 4.97. The summed E-state index contributed by atoms with van der Waals surface area (Å²) in [6.07, 6.45) is 3.20. The number of hydrogen-bond acceptors (Lipinski definition) is 5. The van der Waals surface area contributed by atoms with Crippen LogP contribution in [0.2, 0.25) is 0 Å². The minimum atomic E-state index is 0.272. The fourth-order valence-electron chi connectivity index (χ4n) is 3.28. The van der Waals surface area contributed by atoms with Gasteiger partial charge in [-0.1, -0.05) is 24.3 Å². The molecule has 26 heavy (non-hydrogen) atoms. The number of nitrogens with one attached hydrogen (secondary N) is 1. The van der Waals surface area contributed by atoms with Crippen LogP contribution in [0.4, 0.5) is 5.82 Å². The number of anilines is 1. The first kappa shape index (κ1) is 16.8. The summed E-state index contributed by atoms with van der Waals surface area (Å²) in [6.45, 7) is 1.64. The summed E-state index contributed by atoms with van der Waals surface area (Å²) < 4.78 is 10.9. The first-order valence-corrected chi connectivity index (χ1v) is 9.06. The first-order chi connectivity index (χ1) is 12.8. The van der Waals surface area contributed by atoms with Gasteiger partial charge in [0.05, 0.1) is 18.7 Å². The SMILES string of the molecule is COc1ccc(Cc2nc(NC[C@@H]3CCCO3)c3ccccc3n2)cc1. The van der Waals surface area contributed by atoms with E-state index >= 15 is 0 Å². The van der Waals surface area contributed by atoms with Crippen LogP contribution in [-0.2, 0) is 11.2 Å². The monoisotopic (exact) mass is 349 g/mol. The van der Waals surface area contributed by atoms with Gasteiger partial charge in [-0.2, -0.15) is 0 Å². The molecule has 5 heteroatoms. The topological polar surface area (TPSA) is 56.3 Å². The lowest BCUT2D eigenvalue weighted by molar-refractivity contribution is 0.120. The highest BCUT2D eigenvalue weighted by molar-refractivity contribution is 5.89. The molecule has 0 saturated carbocycles. The zero-order chi connectivity index (χ0) is 17.8. The summed E-state index contributed by atoms with van der Waals surface area (Å²) in [7, 11) is 1.67. The number of nitrogens with zero attached hydrogens (tertiary/aromatic N) is 2. The third-order valence-corrected chi connectivity index (χ3v) is 4.69. The van der Waals surface area contributed by atoms with Crippen molar-refractivity contribution in [2.45, 2.75) is 25.4 Å². The van der Waals surface area contributed by atoms with Crippen molar-refractivity contribution < 1.29 is 9.47 Å². The predicted octanol–water partition coefficient (Wildman–Crippen LogP) is 3.82. The lowest BCUT2D eigenvalue weighted by atomic mass is 10.1. The molecule has 0 spiro atoms. The van der Waals surface area contributed by atoms with E-state index in [9.17, 15) is 0 Å². The van der Waals surface area contributed by atoms with Crippen LogP contribution in [0.3, 0.4) is 0 Å². The lowest BCUT2D eigenvalue weighted by Crippen LogP contribution is -2.19. The van der Waals surface area contributed by atoms with Gasteiger partial charge in [-0.25, -0.2) is 9.97 Å². The number of para-hydroxylation sites is 1. The van der Waals surface area contributed by atoms with Gasteiger partial charge in [-0.05, 0) is 42.7 Å². The number of rotatable bonds is 6. The average Bonchev–Trinajstić information content (AvgIpc) is 3.20. The molecule has 0 amide bonds. The Morgan fingerprint density at radius 2 is 1.96 bits per heavy atom. The third kappa shape index (κ3) is 3.78. The van der Waals surface area contributed by atoms with Crippen molar-refractivity contribution in [3.63, 3.8) is 0 Å². The second-order valence-corrected chi connectivity index (χ2v) is 6.55. The molecule has 1 atom stereocenters. The standard InChI is InChI=1S/C21H23N3O2/c1-25-16-10-8-15(9-11-16)13-20-23-19-7-3-2-6-18(19)21(24-20)22-14-17-5-4-12-26-17/h2-3,6-11,17H,4-5,12-14H2,1H3,(H,22,23,24)/t17-/m0/s1. The van der Waals surface area contributed by atoms with Crippen molar-refractivity contribution >= 4 is 16.7 Å². The molecule has 1 aliphatic rings. The molecule has 0 aliphatic carbocycles. The summed E-state index contributed by atoms with van der Waals surface area (Å²) in [5.74, 6) is 2.55. The van der Waals surface area contributed by atoms with Crippen LogP contribution in [0.25, 0.3) is 10.9 Å². The van der Waals surface area contributed by atoms with Crippen LogP contribution in [-0.4, -0.2) is 36.3 Å². The average molecular weight is 349 g/mol. The van der Waals surface area contributed by atoms with Crippen LogP contribution in [0, 0.1) is 0 Å². The molecule has 0 bridgehead atoms. The molecular formula is C21H23N3O2. The summed E-state index contributed by atoms with van der Waals surface area (Å²) in [5, 5.41) is 4.52. The smallest absolute Gasteiger partial charge is 0.137 e. The molecule has 134 valence electrons. The van der Waals surface area contributed by atoms with Crippen molar-refractivity contribution in [3.8, 4) is 5.75 Å². The Labute approximate surface area is 153 Å². The van der Waals surface area contributed by atoms with Crippen molar-refractivity contribution in [3.05, 3.63) is 59.9 Å². The third-order valence-electron chi connectivity index (χ3n) is 4.69. The van der Waals surface area contributed by atoms with E-state index in [1.807, 2.05) is 30.3 Å². The predicted molar refractivity (Wildman–Crippen MR) is 103 cm³/mol. The van der Waals surface area contributed by atoms with Gasteiger partial charge in [0.25, 0.3) is 0 Å². The summed E-state index contributed by atoms with van der Waals surface area (Å²) in [4.78, 5) is 9.53. The highest BCUT2D eigenvalue weighted by Crippen LogP contribution is 2.22. The van der Waals surface area contributed by atoms with E-state index < -0.39 is 0 Å². The second-order valence-electron chi connectivity index (χ2n) is 6.55. The molecule has 1 fully saturated rings. The van der Waals surface area contributed by atoms with Crippen molar-refractivity contribution in [2.75, 3.05) is 25.6 Å². The van der Waals surface area contributed by atoms with Gasteiger partial charge in [0.15, 0.2) is 0 Å². The molecule has 1 aliphatic heterocycles. The Hall–Kier alpha value is -2.66. The van der Waals surface area contributed by atoms with Crippen LogP contribution >= 0.6 is 0 Å². The van der Waals surface area contributed by atoms with E-state index in [0.717, 1.165) is 59.9 Å². The van der Waals surface area contributed by atoms with Crippen molar-refractivity contribution in [1.82, 2.24) is 9.97 Å². The van der Waals surface area contributed by atoms with Gasteiger partial charge < -0.3 is 14.8 Å². The molecular weight excluding hydrogens is 326 g/mol. The van der Waals surface area contributed by atoms with Gasteiger partial charge in [-0.15, -0.1) is 0 Å². The molecule has 0 radical (unpaired) electrons. The van der Waals surface area contributed by atoms with E-state index in [-0.39, 0.29) is 6.10 Å². The normalized spacial score (nSPS) is 16.7. The Morgan fingerprint density at radius 1 is 1.12 bits per heavy atom. The minimum Gasteiger partial charge on any atom is -0.497 e. The maximum absolute atomic E-state index is 5.72. The van der Waals surface area contributed by atoms with Gasteiger partial charge in [0.2, 0.25) is 0 Å². The van der Waals surface area contributed by atoms with Gasteiger partial charge in [-0.3, -0.25) is 0 Å².